The lowest BCUT2D eigenvalue weighted by Gasteiger charge is -2.23. The van der Waals surface area contributed by atoms with Crippen LogP contribution in [0.2, 0.25) is 0 Å². The van der Waals surface area contributed by atoms with Gasteiger partial charge in [0.25, 0.3) is 11.8 Å². The number of benzene rings is 8. The maximum Gasteiger partial charge on any atom is 0.268 e. The number of carbonyl (C=O) groups is 2. The van der Waals surface area contributed by atoms with Gasteiger partial charge in [0.2, 0.25) is 0 Å². The number of hydrogen-bond acceptors (Lipinski definition) is 2. The van der Waals surface area contributed by atoms with Gasteiger partial charge in [0.15, 0.2) is 0 Å². The first kappa shape index (κ1) is 31.4. The van der Waals surface area contributed by atoms with Crippen molar-refractivity contribution in [2.45, 2.75) is 0 Å². The van der Waals surface area contributed by atoms with E-state index in [0.29, 0.717) is 22.5 Å². The summed E-state index contributed by atoms with van der Waals surface area (Å²) >= 11 is 0. The first-order valence-corrected chi connectivity index (χ1v) is 18.1. The summed E-state index contributed by atoms with van der Waals surface area (Å²) in [6.07, 6.45) is 0. The number of para-hydroxylation sites is 1. The molecule has 1 aliphatic rings. The second kappa shape index (κ2) is 12.7. The number of amides is 2. The van der Waals surface area contributed by atoms with E-state index < -0.39 is 0 Å². The summed E-state index contributed by atoms with van der Waals surface area (Å²) in [5, 5.41) is 2.13. The van der Waals surface area contributed by atoms with Gasteiger partial charge in [0.1, 0.15) is 0 Å². The summed E-state index contributed by atoms with van der Waals surface area (Å²) in [5.74, 6) is -0.682. The minimum absolute atomic E-state index is 0.337. The molecule has 4 nitrogen and oxygen atoms in total. The van der Waals surface area contributed by atoms with Gasteiger partial charge >= 0.3 is 0 Å². The number of nitrogens with zero attached hydrogens (tertiary/aromatic N) is 2. The second-order valence-corrected chi connectivity index (χ2v) is 13.6. The SMILES string of the molecule is O=C1c2cccc(-n3c4ccc(-c5ccccc5)cc4c4cc(-c5ccccc5)ccc43)c2C(=O)N1c1c(-c2ccccc2)cccc1-c1ccccc1. The van der Waals surface area contributed by atoms with Crippen molar-refractivity contribution in [1.29, 1.82) is 0 Å². The standard InChI is InChI=1S/C50H32N2O2/c53-49-41-25-14-26-46(47(41)50(54)52(49)48-39(35-19-9-3-10-20-35)23-13-24-40(48)36-21-11-4-12-22-36)51-44-29-27-37(33-15-5-1-6-16-33)31-42(44)43-32-38(28-30-45(43)51)34-17-7-2-8-18-34/h1-32H. The Morgan fingerprint density at radius 1 is 0.333 bits per heavy atom. The lowest BCUT2D eigenvalue weighted by atomic mass is 9.95. The lowest BCUT2D eigenvalue weighted by molar-refractivity contribution is 0.0926. The highest BCUT2D eigenvalue weighted by Gasteiger charge is 2.41. The fourth-order valence-corrected chi connectivity index (χ4v) is 8.05. The van der Waals surface area contributed by atoms with Gasteiger partial charge in [-0.25, -0.2) is 4.90 Å². The van der Waals surface area contributed by atoms with Crippen LogP contribution in [0.25, 0.3) is 72.0 Å². The van der Waals surface area contributed by atoms with Gasteiger partial charge in [-0.1, -0.05) is 158 Å². The summed E-state index contributed by atoms with van der Waals surface area (Å²) in [6.45, 7) is 0. The summed E-state index contributed by atoms with van der Waals surface area (Å²) in [7, 11) is 0. The van der Waals surface area contributed by atoms with Crippen LogP contribution in [-0.2, 0) is 0 Å². The normalized spacial score (nSPS) is 12.5. The summed E-state index contributed by atoms with van der Waals surface area (Å²) < 4.78 is 2.16. The van der Waals surface area contributed by atoms with E-state index in [4.69, 9.17) is 0 Å². The molecule has 0 radical (unpaired) electrons. The van der Waals surface area contributed by atoms with Crippen molar-refractivity contribution in [1.82, 2.24) is 4.57 Å². The van der Waals surface area contributed by atoms with Gasteiger partial charge < -0.3 is 4.57 Å². The molecule has 10 rings (SSSR count). The first-order chi connectivity index (χ1) is 26.7. The largest absolute Gasteiger partial charge is 0.308 e. The predicted molar refractivity (Wildman–Crippen MR) is 220 cm³/mol. The number of rotatable bonds is 6. The lowest BCUT2D eigenvalue weighted by Crippen LogP contribution is -2.30. The van der Waals surface area contributed by atoms with Crippen molar-refractivity contribution in [2.24, 2.45) is 0 Å². The summed E-state index contributed by atoms with van der Waals surface area (Å²) in [5.41, 5.74) is 11.9. The van der Waals surface area contributed by atoms with Gasteiger partial charge in [0.05, 0.1) is 33.5 Å². The molecule has 2 amide bonds. The molecular weight excluding hydrogens is 661 g/mol. The Hall–Kier alpha value is -7.30. The molecule has 9 aromatic rings. The molecule has 0 saturated heterocycles. The average Bonchev–Trinajstić information content (AvgIpc) is 3.71. The molecule has 0 fully saturated rings. The van der Waals surface area contributed by atoms with Gasteiger partial charge in [-0.2, -0.15) is 0 Å². The van der Waals surface area contributed by atoms with E-state index in [9.17, 15) is 4.79 Å². The average molecular weight is 693 g/mol. The molecule has 8 aromatic carbocycles. The Morgan fingerprint density at radius 3 is 1.24 bits per heavy atom. The van der Waals surface area contributed by atoms with Crippen LogP contribution in [-0.4, -0.2) is 16.4 Å². The molecule has 0 saturated carbocycles. The molecule has 0 unspecified atom stereocenters. The Labute approximate surface area is 312 Å². The van der Waals surface area contributed by atoms with Crippen molar-refractivity contribution >= 4 is 39.3 Å². The molecule has 2 heterocycles. The summed E-state index contributed by atoms with van der Waals surface area (Å²) in [6, 6.07) is 65.3. The van der Waals surface area contributed by atoms with Crippen molar-refractivity contribution in [3.8, 4) is 50.2 Å². The molecular formula is C50H32N2O2. The van der Waals surface area contributed by atoms with Gasteiger partial charge in [-0.05, 0) is 69.8 Å². The smallest absolute Gasteiger partial charge is 0.268 e. The predicted octanol–water partition coefficient (Wildman–Crippen LogP) is 12.3. The Kier molecular flexibility index (Phi) is 7.41. The fourth-order valence-electron chi connectivity index (χ4n) is 8.05. The molecule has 0 bridgehead atoms. The fraction of sp³-hybridized carbons (Fsp3) is 0. The molecule has 1 aromatic heterocycles. The Balaban J connectivity index is 1.20. The number of fused-ring (bicyclic) bond motifs is 4. The number of imide groups is 1. The highest BCUT2D eigenvalue weighted by molar-refractivity contribution is 6.37. The quantitative estimate of drug-likeness (QED) is 0.163. The second-order valence-electron chi connectivity index (χ2n) is 13.6. The minimum atomic E-state index is -0.344. The molecule has 254 valence electrons. The van der Waals surface area contributed by atoms with Crippen LogP contribution in [0.4, 0.5) is 5.69 Å². The maximum absolute atomic E-state index is 15.1. The molecule has 0 N–H and O–H groups in total. The number of hydrogen-bond donors (Lipinski definition) is 0. The topological polar surface area (TPSA) is 42.3 Å². The van der Waals surface area contributed by atoms with Crippen LogP contribution in [0, 0.1) is 0 Å². The van der Waals surface area contributed by atoms with Gasteiger partial charge in [0, 0.05) is 21.9 Å². The van der Waals surface area contributed by atoms with Crippen LogP contribution >= 0.6 is 0 Å². The van der Waals surface area contributed by atoms with E-state index in [1.165, 1.54) is 4.90 Å². The molecule has 0 spiro atoms. The zero-order chi connectivity index (χ0) is 36.2. The van der Waals surface area contributed by atoms with E-state index in [-0.39, 0.29) is 11.8 Å². The third-order valence-corrected chi connectivity index (χ3v) is 10.5. The zero-order valence-electron chi connectivity index (χ0n) is 29.2. The number of anilines is 1. The van der Waals surface area contributed by atoms with Crippen molar-refractivity contribution in [2.75, 3.05) is 4.90 Å². The van der Waals surface area contributed by atoms with Crippen LogP contribution < -0.4 is 4.90 Å². The van der Waals surface area contributed by atoms with E-state index >= 15 is 4.79 Å². The van der Waals surface area contributed by atoms with Crippen molar-refractivity contribution in [3.05, 3.63) is 205 Å². The van der Waals surface area contributed by atoms with E-state index in [1.54, 1.807) is 6.07 Å². The Morgan fingerprint density at radius 2 is 0.759 bits per heavy atom. The van der Waals surface area contributed by atoms with Crippen LogP contribution in [0.1, 0.15) is 20.7 Å². The molecule has 0 aliphatic carbocycles. The highest BCUT2D eigenvalue weighted by Crippen LogP contribution is 2.45. The zero-order valence-corrected chi connectivity index (χ0v) is 29.2. The number of carbonyl (C=O) groups excluding carboxylic acids is 2. The highest BCUT2D eigenvalue weighted by atomic mass is 16.2. The van der Waals surface area contributed by atoms with Crippen LogP contribution in [0.15, 0.2) is 194 Å². The van der Waals surface area contributed by atoms with Gasteiger partial charge in [-0.15, -0.1) is 0 Å². The van der Waals surface area contributed by atoms with Crippen molar-refractivity contribution < 1.29 is 9.59 Å². The third-order valence-electron chi connectivity index (χ3n) is 10.5. The summed E-state index contributed by atoms with van der Waals surface area (Å²) in [4.78, 5) is 31.3. The van der Waals surface area contributed by atoms with E-state index in [1.807, 2.05) is 103 Å². The molecule has 54 heavy (non-hydrogen) atoms. The van der Waals surface area contributed by atoms with Gasteiger partial charge in [-0.3, -0.25) is 9.59 Å². The Bertz CT molecular complexity index is 2740. The maximum atomic E-state index is 15.1. The van der Waals surface area contributed by atoms with Crippen molar-refractivity contribution in [3.63, 3.8) is 0 Å². The monoisotopic (exact) mass is 692 g/mol. The van der Waals surface area contributed by atoms with E-state index in [0.717, 1.165) is 66.3 Å². The molecule has 0 atom stereocenters. The van der Waals surface area contributed by atoms with Crippen LogP contribution in [0.5, 0.6) is 0 Å². The molecule has 4 heteroatoms. The molecule has 1 aliphatic heterocycles. The first-order valence-electron chi connectivity index (χ1n) is 18.1. The number of aromatic nitrogens is 1. The minimum Gasteiger partial charge on any atom is -0.308 e. The third kappa shape index (κ3) is 5.00. The van der Waals surface area contributed by atoms with Crippen LogP contribution in [0.3, 0.4) is 0 Å². The van der Waals surface area contributed by atoms with E-state index in [2.05, 4.69) is 89.5 Å².